The molecule has 1 saturated carbocycles. The first-order chi connectivity index (χ1) is 15.9. The first kappa shape index (κ1) is 21.5. The molecule has 0 radical (unpaired) electrons. The van der Waals surface area contributed by atoms with E-state index in [1.807, 2.05) is 25.1 Å². The molecule has 0 amide bonds. The quantitative estimate of drug-likeness (QED) is 0.375. The summed E-state index contributed by atoms with van der Waals surface area (Å²) < 4.78 is 32.9. The number of benzene rings is 2. The van der Waals surface area contributed by atoms with Gasteiger partial charge in [0.15, 0.2) is 23.1 Å². The average molecular weight is 450 g/mol. The lowest BCUT2D eigenvalue weighted by atomic mass is 10.1. The minimum atomic E-state index is -0.399. The molecule has 0 aliphatic heterocycles. The molecule has 7 heteroatoms. The van der Waals surface area contributed by atoms with Crippen molar-refractivity contribution in [2.75, 3.05) is 34.4 Å². The normalized spacial score (nSPS) is 14.7. The van der Waals surface area contributed by atoms with Crippen molar-refractivity contribution >= 4 is 21.8 Å². The Kier molecular flexibility index (Phi) is 5.37. The zero-order valence-electron chi connectivity index (χ0n) is 19.4. The highest BCUT2D eigenvalue weighted by Gasteiger charge is 2.44. The van der Waals surface area contributed by atoms with Crippen LogP contribution in [0, 0.1) is 18.2 Å². The van der Waals surface area contributed by atoms with Crippen LogP contribution >= 0.6 is 0 Å². The second-order valence-corrected chi connectivity index (χ2v) is 9.25. The molecule has 33 heavy (non-hydrogen) atoms. The van der Waals surface area contributed by atoms with Gasteiger partial charge in [0, 0.05) is 46.2 Å². The molecule has 1 N–H and O–H groups in total. The minimum Gasteiger partial charge on any atom is -0.493 e. The molecular weight excluding hydrogens is 421 g/mol. The maximum atomic E-state index is 15.1. The number of ether oxygens (including phenoxy) is 3. The molecule has 4 aromatic rings. The number of rotatable bonds is 8. The third-order valence-corrected chi connectivity index (χ3v) is 6.19. The van der Waals surface area contributed by atoms with E-state index in [4.69, 9.17) is 14.2 Å². The van der Waals surface area contributed by atoms with Crippen LogP contribution in [0.3, 0.4) is 0 Å². The summed E-state index contributed by atoms with van der Waals surface area (Å²) in [5, 5.41) is 1.23. The van der Waals surface area contributed by atoms with Crippen molar-refractivity contribution in [3.05, 3.63) is 54.1 Å². The smallest absolute Gasteiger partial charge is 0.175 e. The number of nitrogens with one attached hydrogen (secondary N) is 1. The third kappa shape index (κ3) is 4.20. The molecule has 1 aliphatic rings. The van der Waals surface area contributed by atoms with E-state index < -0.39 is 5.82 Å². The molecule has 2 aromatic heterocycles. The fourth-order valence-electron chi connectivity index (χ4n) is 4.40. The summed E-state index contributed by atoms with van der Waals surface area (Å²) >= 11 is 0. The lowest BCUT2D eigenvalue weighted by molar-refractivity contribution is 0.189. The number of aryl methyl sites for hydroxylation is 1. The Morgan fingerprint density at radius 1 is 1.03 bits per heavy atom. The van der Waals surface area contributed by atoms with Gasteiger partial charge in [0.05, 0.1) is 19.2 Å². The zero-order valence-corrected chi connectivity index (χ0v) is 19.4. The van der Waals surface area contributed by atoms with Crippen LogP contribution in [0.4, 0.5) is 4.39 Å². The highest BCUT2D eigenvalue weighted by Crippen LogP contribution is 2.47. The van der Waals surface area contributed by atoms with Gasteiger partial charge in [0.2, 0.25) is 0 Å². The van der Waals surface area contributed by atoms with Crippen LogP contribution in [0.15, 0.2) is 42.6 Å². The van der Waals surface area contributed by atoms with Gasteiger partial charge in [-0.1, -0.05) is 0 Å². The molecule has 2 aromatic carbocycles. The fraction of sp³-hybridized carbons (Fsp3) is 0.346. The van der Waals surface area contributed by atoms with Crippen LogP contribution in [0.5, 0.6) is 23.0 Å². The van der Waals surface area contributed by atoms with E-state index in [2.05, 4.69) is 29.0 Å². The zero-order chi connectivity index (χ0) is 23.2. The largest absolute Gasteiger partial charge is 0.493 e. The Balaban J connectivity index is 1.46. The number of nitrogens with zero attached hydrogens (tertiary/aromatic N) is 2. The van der Waals surface area contributed by atoms with Crippen molar-refractivity contribution in [2.24, 2.45) is 5.41 Å². The van der Waals surface area contributed by atoms with E-state index in [9.17, 15) is 0 Å². The maximum Gasteiger partial charge on any atom is 0.175 e. The molecule has 1 fully saturated rings. The molecule has 0 spiro atoms. The van der Waals surface area contributed by atoms with Crippen LogP contribution in [0.1, 0.15) is 18.5 Å². The number of methoxy groups -OCH3 is 1. The number of aromatic amines is 1. The lowest BCUT2D eigenvalue weighted by Gasteiger charge is -2.21. The number of hydrogen-bond acceptors (Lipinski definition) is 5. The maximum absolute atomic E-state index is 15.1. The third-order valence-electron chi connectivity index (χ3n) is 6.19. The Bertz CT molecular complexity index is 1330. The number of H-pyrrole nitrogens is 1. The van der Waals surface area contributed by atoms with Gasteiger partial charge in [-0.25, -0.2) is 4.39 Å². The molecule has 5 rings (SSSR count). The first-order valence-corrected chi connectivity index (χ1v) is 11.1. The van der Waals surface area contributed by atoms with Gasteiger partial charge < -0.3 is 24.1 Å². The van der Waals surface area contributed by atoms with Crippen LogP contribution in [0.2, 0.25) is 0 Å². The molecular formula is C26H28FN3O3. The number of hydrogen-bond donors (Lipinski definition) is 1. The summed E-state index contributed by atoms with van der Waals surface area (Å²) in [5.74, 6) is 1.51. The monoisotopic (exact) mass is 449 g/mol. The SMILES string of the molecule is COc1cc2c(Oc3ccc4[nH]c(C)cc4c3F)ccnc2cc1OCC1(CN(C)C)CC1. The summed E-state index contributed by atoms with van der Waals surface area (Å²) in [7, 11) is 5.78. The molecule has 1 aliphatic carbocycles. The van der Waals surface area contributed by atoms with Gasteiger partial charge in [0.25, 0.3) is 0 Å². The molecule has 6 nitrogen and oxygen atoms in total. The lowest BCUT2D eigenvalue weighted by Crippen LogP contribution is -2.27. The van der Waals surface area contributed by atoms with Crippen LogP contribution < -0.4 is 14.2 Å². The van der Waals surface area contributed by atoms with Crippen molar-refractivity contribution in [3.63, 3.8) is 0 Å². The Labute approximate surface area is 192 Å². The van der Waals surface area contributed by atoms with E-state index in [0.29, 0.717) is 34.8 Å². The number of fused-ring (bicyclic) bond motifs is 2. The molecule has 172 valence electrons. The second kappa shape index (κ2) is 8.23. The van der Waals surface area contributed by atoms with E-state index in [-0.39, 0.29) is 11.2 Å². The van der Waals surface area contributed by atoms with Crippen molar-refractivity contribution in [2.45, 2.75) is 19.8 Å². The summed E-state index contributed by atoms with van der Waals surface area (Å²) in [4.78, 5) is 9.82. The van der Waals surface area contributed by atoms with Crippen LogP contribution in [-0.4, -0.2) is 49.2 Å². The Morgan fingerprint density at radius 3 is 2.58 bits per heavy atom. The van der Waals surface area contributed by atoms with Gasteiger partial charge in [-0.2, -0.15) is 0 Å². The van der Waals surface area contributed by atoms with Gasteiger partial charge in [-0.15, -0.1) is 0 Å². The molecule has 0 bridgehead atoms. The molecule has 0 unspecified atom stereocenters. The highest BCUT2D eigenvalue weighted by atomic mass is 19.1. The van der Waals surface area contributed by atoms with Crippen LogP contribution in [0.25, 0.3) is 21.8 Å². The highest BCUT2D eigenvalue weighted by molar-refractivity contribution is 5.89. The predicted octanol–water partition coefficient (Wildman–Crippen LogP) is 5.69. The van der Waals surface area contributed by atoms with Gasteiger partial charge in [0.1, 0.15) is 5.75 Å². The van der Waals surface area contributed by atoms with Crippen LogP contribution in [-0.2, 0) is 0 Å². The Morgan fingerprint density at radius 2 is 1.85 bits per heavy atom. The first-order valence-electron chi connectivity index (χ1n) is 11.1. The van der Waals surface area contributed by atoms with Crippen molar-refractivity contribution in [1.29, 1.82) is 0 Å². The molecule has 2 heterocycles. The summed E-state index contributed by atoms with van der Waals surface area (Å²) in [5.41, 5.74) is 2.53. The predicted molar refractivity (Wildman–Crippen MR) is 127 cm³/mol. The van der Waals surface area contributed by atoms with Gasteiger partial charge >= 0.3 is 0 Å². The molecule has 0 atom stereocenters. The van der Waals surface area contributed by atoms with E-state index >= 15 is 4.39 Å². The summed E-state index contributed by atoms with van der Waals surface area (Å²) in [6.45, 7) is 3.52. The second-order valence-electron chi connectivity index (χ2n) is 9.25. The average Bonchev–Trinajstić information content (AvgIpc) is 3.43. The summed E-state index contributed by atoms with van der Waals surface area (Å²) in [6.07, 6.45) is 3.97. The van der Waals surface area contributed by atoms with E-state index in [1.165, 1.54) is 0 Å². The van der Waals surface area contributed by atoms with E-state index in [1.54, 1.807) is 31.5 Å². The fourth-order valence-corrected chi connectivity index (χ4v) is 4.40. The topological polar surface area (TPSA) is 59.6 Å². The van der Waals surface area contributed by atoms with Crippen molar-refractivity contribution in [3.8, 4) is 23.0 Å². The summed E-state index contributed by atoms with van der Waals surface area (Å²) in [6, 6.07) is 10.7. The van der Waals surface area contributed by atoms with E-state index in [0.717, 1.165) is 36.0 Å². The van der Waals surface area contributed by atoms with Crippen molar-refractivity contribution in [1.82, 2.24) is 14.9 Å². The van der Waals surface area contributed by atoms with Crippen molar-refractivity contribution < 1.29 is 18.6 Å². The Hall–Kier alpha value is -3.32. The standard InChI is InChI=1S/C26H28FN3O3/c1-16-11-18-19(29-16)5-6-22(25(18)27)33-21-7-10-28-20-13-24(23(31-4)12-17(20)21)32-15-26(8-9-26)14-30(2)3/h5-7,10-13,29H,8-9,14-15H2,1-4H3. The van der Waals surface area contributed by atoms with Gasteiger partial charge in [-0.3, -0.25) is 4.98 Å². The number of halogens is 1. The van der Waals surface area contributed by atoms with Gasteiger partial charge in [-0.05, 0) is 64.2 Å². The minimum absolute atomic E-state index is 0.160. The number of aromatic nitrogens is 2. The number of pyridine rings is 1. The molecule has 0 saturated heterocycles.